The number of nitrogens with one attached hydrogen (secondary N) is 3. The lowest BCUT2D eigenvalue weighted by Crippen LogP contribution is -2.82. The Morgan fingerprint density at radius 2 is 2.21 bits per heavy atom. The fourth-order valence-electron chi connectivity index (χ4n) is 1.23. The number of thiocarbonyl (C=S) groups is 1. The van der Waals surface area contributed by atoms with Crippen LogP contribution >= 0.6 is 12.2 Å². The Morgan fingerprint density at radius 1 is 1.53 bits per heavy atom. The fourth-order valence-corrected chi connectivity index (χ4v) is 1.43. The molecule has 0 aliphatic rings. The first kappa shape index (κ1) is 14.6. The molecule has 0 fully saturated rings. The molecule has 0 saturated heterocycles. The summed E-state index contributed by atoms with van der Waals surface area (Å²) in [6.45, 7) is 2.51. The van der Waals surface area contributed by atoms with Crippen molar-refractivity contribution in [1.82, 2.24) is 10.7 Å². The molecule has 1 aromatic carbocycles. The molecule has 0 atom stereocenters. The van der Waals surface area contributed by atoms with E-state index < -0.39 is 16.4 Å². The molecule has 8 nitrogen and oxygen atoms in total. The van der Waals surface area contributed by atoms with Crippen molar-refractivity contribution in [2.24, 2.45) is 0 Å². The maximum atomic E-state index is 10.6. The molecule has 0 aliphatic carbocycles. The number of hydrazone groups is 1. The maximum Gasteiger partial charge on any atom is 0.311 e. The van der Waals surface area contributed by atoms with Crippen LogP contribution in [0.15, 0.2) is 12.1 Å². The zero-order valence-electron chi connectivity index (χ0n) is 10.0. The van der Waals surface area contributed by atoms with Gasteiger partial charge < -0.3 is 15.5 Å². The minimum absolute atomic E-state index is 0.135. The predicted molar refractivity (Wildman–Crippen MR) is 72.0 cm³/mol. The van der Waals surface area contributed by atoms with Crippen molar-refractivity contribution in [2.45, 2.75) is 6.92 Å². The van der Waals surface area contributed by atoms with Crippen molar-refractivity contribution in [3.05, 3.63) is 27.8 Å². The van der Waals surface area contributed by atoms with Crippen molar-refractivity contribution in [3.63, 3.8) is 0 Å². The largest absolute Gasteiger partial charge is 0.507 e. The highest BCUT2D eigenvalue weighted by Crippen LogP contribution is 2.31. The Labute approximate surface area is 113 Å². The van der Waals surface area contributed by atoms with Gasteiger partial charge in [0.25, 0.3) is 0 Å². The number of benzene rings is 1. The number of hydrazine groups is 1. The summed E-state index contributed by atoms with van der Waals surface area (Å²) in [5.74, 6) is -0.900. The van der Waals surface area contributed by atoms with Crippen LogP contribution in [0, 0.1) is 10.1 Å². The first-order chi connectivity index (χ1) is 8.95. The van der Waals surface area contributed by atoms with E-state index in [0.29, 0.717) is 11.7 Å². The summed E-state index contributed by atoms with van der Waals surface area (Å²) >= 11 is 4.87. The zero-order valence-corrected chi connectivity index (χ0v) is 10.8. The van der Waals surface area contributed by atoms with E-state index in [1.54, 1.807) is 0 Å². The third kappa shape index (κ3) is 4.07. The van der Waals surface area contributed by atoms with Gasteiger partial charge in [0, 0.05) is 18.7 Å². The van der Waals surface area contributed by atoms with E-state index in [2.05, 4.69) is 15.8 Å². The molecule has 0 aromatic heterocycles. The molecule has 1 rings (SSSR count). The molecule has 0 spiro atoms. The van der Waals surface area contributed by atoms with Gasteiger partial charge in [-0.2, -0.15) is 0 Å². The summed E-state index contributed by atoms with van der Waals surface area (Å²) in [7, 11) is 0. The number of phenolic OH excluding ortho intramolecular Hbond substituents is 2. The van der Waals surface area contributed by atoms with Crippen LogP contribution < -0.4 is 15.8 Å². The second kappa shape index (κ2) is 6.50. The number of nitro benzene ring substituents is 1. The summed E-state index contributed by atoms with van der Waals surface area (Å²) in [4.78, 5) is 9.89. The maximum absolute atomic E-state index is 10.6. The molecule has 19 heavy (non-hydrogen) atoms. The first-order valence-electron chi connectivity index (χ1n) is 5.28. The van der Waals surface area contributed by atoms with Crippen molar-refractivity contribution in [1.29, 1.82) is 0 Å². The summed E-state index contributed by atoms with van der Waals surface area (Å²) in [5, 5.41) is 35.2. The van der Waals surface area contributed by atoms with E-state index in [-0.39, 0.29) is 11.3 Å². The van der Waals surface area contributed by atoms with Crippen molar-refractivity contribution in [3.8, 4) is 11.5 Å². The van der Waals surface area contributed by atoms with Gasteiger partial charge in [-0.15, -0.1) is 10.5 Å². The Balaban J connectivity index is 2.89. The van der Waals surface area contributed by atoms with Gasteiger partial charge in [0.15, 0.2) is 5.75 Å². The van der Waals surface area contributed by atoms with Crippen LogP contribution in [0.5, 0.6) is 11.5 Å². The Bertz CT molecular complexity index is 533. The molecular weight excluding hydrogens is 272 g/mol. The van der Waals surface area contributed by atoms with Gasteiger partial charge >= 0.3 is 5.69 Å². The monoisotopic (exact) mass is 285 g/mol. The van der Waals surface area contributed by atoms with E-state index in [9.17, 15) is 20.3 Å². The second-order valence-electron chi connectivity index (χ2n) is 3.43. The molecular formula is C10H13N4O4S+. The van der Waals surface area contributed by atoms with Crippen molar-refractivity contribution >= 4 is 29.2 Å². The molecule has 0 radical (unpaired) electrons. The van der Waals surface area contributed by atoms with Crippen LogP contribution in [0.25, 0.3) is 0 Å². The summed E-state index contributed by atoms with van der Waals surface area (Å²) in [6, 6.07) is 1.93. The Hall–Kier alpha value is -2.42. The first-order valence-corrected chi connectivity index (χ1v) is 5.69. The number of rotatable bonds is 4. The predicted octanol–water partition coefficient (Wildman–Crippen LogP) is -1.10. The van der Waals surface area contributed by atoms with Crippen molar-refractivity contribution < 1.29 is 20.2 Å². The summed E-state index contributed by atoms with van der Waals surface area (Å²) < 4.78 is 0. The number of nitro groups is 1. The molecule has 0 amide bonds. The van der Waals surface area contributed by atoms with E-state index in [1.807, 2.05) is 6.92 Å². The van der Waals surface area contributed by atoms with E-state index in [4.69, 9.17) is 12.2 Å². The topological polar surface area (TPSA) is 122 Å². The highest BCUT2D eigenvalue weighted by Gasteiger charge is 2.17. The van der Waals surface area contributed by atoms with Crippen molar-refractivity contribution in [2.75, 3.05) is 6.54 Å². The van der Waals surface area contributed by atoms with Gasteiger partial charge in [-0.05, 0) is 19.1 Å². The number of hydrogen-bond donors (Lipinski definition) is 5. The van der Waals surface area contributed by atoms with Crippen LogP contribution in [0.2, 0.25) is 0 Å². The lowest BCUT2D eigenvalue weighted by atomic mass is 10.2. The summed E-state index contributed by atoms with van der Waals surface area (Å²) in [6.07, 6.45) is 1.28. The molecule has 0 heterocycles. The third-order valence-corrected chi connectivity index (χ3v) is 2.32. The number of aromatic hydroxyl groups is 2. The zero-order chi connectivity index (χ0) is 14.4. The normalized spacial score (nSPS) is 10.4. The van der Waals surface area contributed by atoms with Gasteiger partial charge in [-0.3, -0.25) is 10.1 Å². The highest BCUT2D eigenvalue weighted by atomic mass is 32.1. The SMILES string of the molecule is CCNC(=S)N[NH+]=Cc1cc([N+](=O)[O-])c(O)cc1O. The van der Waals surface area contributed by atoms with Crippen LogP contribution in [0.3, 0.4) is 0 Å². The molecule has 0 bridgehead atoms. The van der Waals surface area contributed by atoms with Crippen LogP contribution in [0.4, 0.5) is 5.69 Å². The van der Waals surface area contributed by atoms with Gasteiger partial charge in [-0.1, -0.05) is 0 Å². The van der Waals surface area contributed by atoms with Gasteiger partial charge in [0.05, 0.1) is 10.5 Å². The quantitative estimate of drug-likeness (QED) is 0.206. The molecule has 102 valence electrons. The van der Waals surface area contributed by atoms with Crippen LogP contribution in [-0.4, -0.2) is 33.0 Å². The minimum Gasteiger partial charge on any atom is -0.507 e. The molecule has 0 aliphatic heterocycles. The number of hydrogen-bond acceptors (Lipinski definition) is 5. The van der Waals surface area contributed by atoms with Crippen LogP contribution in [-0.2, 0) is 0 Å². The van der Waals surface area contributed by atoms with E-state index in [0.717, 1.165) is 12.1 Å². The second-order valence-corrected chi connectivity index (χ2v) is 3.84. The molecule has 0 saturated carbocycles. The Morgan fingerprint density at radius 3 is 2.79 bits per heavy atom. The minimum atomic E-state index is -0.747. The van der Waals surface area contributed by atoms with Gasteiger partial charge in [0.2, 0.25) is 11.3 Å². The standard InChI is InChI=1S/C10H12N4O4S/c1-2-11-10(19)13-12-5-6-3-7(14(17)18)9(16)4-8(6)15/h3-5,15-16H,2H2,1H3,(H2,11,13,19)/p+1. The third-order valence-electron chi connectivity index (χ3n) is 2.07. The van der Waals surface area contributed by atoms with Crippen LogP contribution in [0.1, 0.15) is 12.5 Å². The molecule has 1 aromatic rings. The molecule has 5 N–H and O–H groups in total. The molecule has 0 unspecified atom stereocenters. The van der Waals surface area contributed by atoms with E-state index in [1.165, 1.54) is 6.21 Å². The number of phenols is 2. The lowest BCUT2D eigenvalue weighted by Gasteiger charge is -2.00. The smallest absolute Gasteiger partial charge is 0.311 e. The van der Waals surface area contributed by atoms with Gasteiger partial charge in [0.1, 0.15) is 5.75 Å². The molecule has 9 heteroatoms. The Kier molecular flexibility index (Phi) is 5.01. The summed E-state index contributed by atoms with van der Waals surface area (Å²) in [5.41, 5.74) is 2.23. The van der Waals surface area contributed by atoms with Gasteiger partial charge in [-0.25, -0.2) is 0 Å². The lowest BCUT2D eigenvalue weighted by molar-refractivity contribution is -0.500. The average Bonchev–Trinajstić information content (AvgIpc) is 2.31. The fraction of sp³-hybridized carbons (Fsp3) is 0.200. The number of nitrogens with zero attached hydrogens (tertiary/aromatic N) is 1. The van der Waals surface area contributed by atoms with E-state index >= 15 is 0 Å². The highest BCUT2D eigenvalue weighted by molar-refractivity contribution is 7.80. The average molecular weight is 285 g/mol.